The topological polar surface area (TPSA) is 60.7 Å². The Bertz CT molecular complexity index is 244. The molecule has 3 nitrogen and oxygen atoms in total. The highest BCUT2D eigenvalue weighted by atomic mass is 16.3. The second kappa shape index (κ2) is 12.3. The van der Waals surface area contributed by atoms with Gasteiger partial charge in [-0.05, 0) is 18.9 Å². The predicted octanol–water partition coefficient (Wildman–Crippen LogP) is 5.31. The Balaban J connectivity index is 3.31. The van der Waals surface area contributed by atoms with Gasteiger partial charge in [0.2, 0.25) is 0 Å². The third-order valence-corrected chi connectivity index (χ3v) is 3.03. The van der Waals surface area contributed by atoms with Gasteiger partial charge in [-0.2, -0.15) is 0 Å². The number of allylic oxidation sites excluding steroid dienone is 1. The van der Waals surface area contributed by atoms with Crippen LogP contribution in [-0.4, -0.2) is 15.3 Å². The average molecular weight is 256 g/mol. The Morgan fingerprint density at radius 2 is 1.28 bits per heavy atom. The Hall–Kier alpha value is -1.12. The first kappa shape index (κ1) is 16.9. The molecule has 0 bridgehead atoms. The summed E-state index contributed by atoms with van der Waals surface area (Å²) in [4.78, 5) is 0. The zero-order chi connectivity index (χ0) is 13.6. The molecule has 0 heterocycles. The van der Waals surface area contributed by atoms with Crippen molar-refractivity contribution in [3.8, 4) is 0 Å². The highest BCUT2D eigenvalue weighted by Crippen LogP contribution is 2.11. The Morgan fingerprint density at radius 3 is 1.78 bits per heavy atom. The van der Waals surface area contributed by atoms with Gasteiger partial charge in [-0.1, -0.05) is 58.3 Å². The summed E-state index contributed by atoms with van der Waals surface area (Å²) >= 11 is 0. The fraction of sp³-hybridized carbons (Fsp3) is 0.733. The Labute approximate surface area is 111 Å². The summed E-state index contributed by atoms with van der Waals surface area (Å²) < 4.78 is 0. The van der Waals surface area contributed by atoms with Gasteiger partial charge >= 0.3 is 0 Å². The van der Waals surface area contributed by atoms with E-state index in [9.17, 15) is 5.11 Å². The molecule has 0 saturated heterocycles. The molecule has 18 heavy (non-hydrogen) atoms. The van der Waals surface area contributed by atoms with E-state index in [0.717, 1.165) is 19.3 Å². The van der Waals surface area contributed by atoms with E-state index in [1.807, 2.05) is 0 Å². The molecule has 0 saturated carbocycles. The van der Waals surface area contributed by atoms with Crippen LogP contribution in [-0.2, 0) is 0 Å². The van der Waals surface area contributed by atoms with Crippen molar-refractivity contribution in [2.45, 2.75) is 71.1 Å². The first-order valence-corrected chi connectivity index (χ1v) is 7.15. The summed E-state index contributed by atoms with van der Waals surface area (Å²) in [6, 6.07) is 0. The van der Waals surface area contributed by atoms with Crippen molar-refractivity contribution in [3.05, 3.63) is 23.9 Å². The van der Waals surface area contributed by atoms with Crippen molar-refractivity contribution >= 4 is 0 Å². The lowest BCUT2D eigenvalue weighted by molar-refractivity contribution is 0.302. The fourth-order valence-electron chi connectivity index (χ4n) is 1.86. The quantitative estimate of drug-likeness (QED) is 0.267. The van der Waals surface area contributed by atoms with Crippen molar-refractivity contribution in [1.82, 2.24) is 0 Å². The molecule has 0 amide bonds. The lowest BCUT2D eigenvalue weighted by Gasteiger charge is -2.01. The van der Waals surface area contributed by atoms with E-state index in [-0.39, 0.29) is 5.76 Å². The summed E-state index contributed by atoms with van der Waals surface area (Å²) in [6.07, 6.45) is 14.2. The van der Waals surface area contributed by atoms with Crippen LogP contribution >= 0.6 is 0 Å². The molecule has 3 N–H and O–H groups in total. The third-order valence-electron chi connectivity index (χ3n) is 3.03. The van der Waals surface area contributed by atoms with E-state index in [4.69, 9.17) is 10.2 Å². The zero-order valence-corrected chi connectivity index (χ0v) is 11.6. The van der Waals surface area contributed by atoms with E-state index in [1.54, 1.807) is 6.08 Å². The summed E-state index contributed by atoms with van der Waals surface area (Å²) in [7, 11) is 0. The van der Waals surface area contributed by atoms with Gasteiger partial charge in [0.25, 0.3) is 0 Å². The van der Waals surface area contributed by atoms with Gasteiger partial charge in [0, 0.05) is 0 Å². The van der Waals surface area contributed by atoms with Crippen LogP contribution in [0.3, 0.4) is 0 Å². The van der Waals surface area contributed by atoms with Crippen molar-refractivity contribution in [1.29, 1.82) is 0 Å². The smallest absolute Gasteiger partial charge is 0.192 e. The summed E-state index contributed by atoms with van der Waals surface area (Å²) in [5.41, 5.74) is 0. The molecule has 0 unspecified atom stereocenters. The predicted molar refractivity (Wildman–Crippen MR) is 75.9 cm³/mol. The highest BCUT2D eigenvalue weighted by Gasteiger charge is 1.98. The Kier molecular flexibility index (Phi) is 11.6. The molecular formula is C15H28O3. The maximum absolute atomic E-state index is 9.22. The normalized spacial score (nSPS) is 12.9. The fourth-order valence-corrected chi connectivity index (χ4v) is 1.86. The van der Waals surface area contributed by atoms with E-state index in [2.05, 4.69) is 6.92 Å². The average Bonchev–Trinajstić information content (AvgIpc) is 2.39. The highest BCUT2D eigenvalue weighted by molar-refractivity contribution is 5.14. The van der Waals surface area contributed by atoms with Crippen LogP contribution in [0.2, 0.25) is 0 Å². The minimum absolute atomic E-state index is 0.239. The number of hydrogen-bond donors (Lipinski definition) is 3. The molecular weight excluding hydrogens is 228 g/mol. The van der Waals surface area contributed by atoms with Crippen LogP contribution < -0.4 is 0 Å². The molecule has 0 radical (unpaired) electrons. The molecule has 3 heteroatoms. The van der Waals surface area contributed by atoms with Crippen molar-refractivity contribution in [2.24, 2.45) is 0 Å². The maximum Gasteiger partial charge on any atom is 0.192 e. The van der Waals surface area contributed by atoms with Crippen LogP contribution in [0.1, 0.15) is 71.1 Å². The maximum atomic E-state index is 9.22. The molecule has 0 aliphatic carbocycles. The number of aliphatic hydroxyl groups excluding tert-OH is 3. The number of hydrogen-bond acceptors (Lipinski definition) is 3. The van der Waals surface area contributed by atoms with Crippen LogP contribution in [0.15, 0.2) is 23.9 Å². The summed E-state index contributed by atoms with van der Waals surface area (Å²) in [5, 5.41) is 26.6. The number of rotatable bonds is 11. The lowest BCUT2D eigenvalue weighted by Crippen LogP contribution is -1.87. The first-order chi connectivity index (χ1) is 8.72. The van der Waals surface area contributed by atoms with Gasteiger partial charge in [0.15, 0.2) is 11.5 Å². The van der Waals surface area contributed by atoms with E-state index in [1.165, 1.54) is 44.9 Å². The zero-order valence-electron chi connectivity index (χ0n) is 11.6. The van der Waals surface area contributed by atoms with Gasteiger partial charge in [0.05, 0.1) is 0 Å². The molecule has 0 atom stereocenters. The van der Waals surface area contributed by atoms with Gasteiger partial charge in [-0.15, -0.1) is 0 Å². The van der Waals surface area contributed by atoms with E-state index < -0.39 is 5.76 Å². The van der Waals surface area contributed by atoms with Gasteiger partial charge in [-0.3, -0.25) is 0 Å². The van der Waals surface area contributed by atoms with E-state index in [0.29, 0.717) is 6.26 Å². The molecule has 0 spiro atoms. The first-order valence-electron chi connectivity index (χ1n) is 7.15. The molecule has 0 aromatic carbocycles. The van der Waals surface area contributed by atoms with Crippen LogP contribution in [0.4, 0.5) is 0 Å². The molecule has 0 fully saturated rings. The minimum atomic E-state index is -0.467. The second-order valence-electron chi connectivity index (χ2n) is 4.72. The largest absolute Gasteiger partial charge is 0.512 e. The molecule has 106 valence electrons. The summed E-state index contributed by atoms with van der Waals surface area (Å²) in [6.45, 7) is 2.23. The third kappa shape index (κ3) is 10.1. The summed E-state index contributed by atoms with van der Waals surface area (Å²) in [5.74, 6) is -0.706. The van der Waals surface area contributed by atoms with E-state index >= 15 is 0 Å². The van der Waals surface area contributed by atoms with Crippen LogP contribution in [0, 0.1) is 0 Å². The van der Waals surface area contributed by atoms with Gasteiger partial charge < -0.3 is 15.3 Å². The van der Waals surface area contributed by atoms with Crippen molar-refractivity contribution in [2.75, 3.05) is 0 Å². The van der Waals surface area contributed by atoms with Gasteiger partial charge in [-0.25, -0.2) is 0 Å². The molecule has 0 rings (SSSR count). The molecule has 0 aliphatic heterocycles. The minimum Gasteiger partial charge on any atom is -0.512 e. The van der Waals surface area contributed by atoms with Crippen LogP contribution in [0.5, 0.6) is 0 Å². The van der Waals surface area contributed by atoms with Crippen molar-refractivity contribution < 1.29 is 15.3 Å². The molecule has 0 aromatic rings. The molecule has 0 aliphatic rings. The SMILES string of the molecule is CCCCCCCCCCCC=C(O)C(O)=CO. The number of unbranched alkanes of at least 4 members (excludes halogenated alkanes) is 9. The second-order valence-corrected chi connectivity index (χ2v) is 4.72. The standard InChI is InChI=1S/C15H28O3/c1-2-3-4-5-6-7-8-9-10-11-12-14(17)15(18)13-16/h12-13,16-18H,2-11H2,1H3. The lowest BCUT2D eigenvalue weighted by atomic mass is 10.1. The Morgan fingerprint density at radius 1 is 0.778 bits per heavy atom. The van der Waals surface area contributed by atoms with Gasteiger partial charge in [0.1, 0.15) is 6.26 Å². The van der Waals surface area contributed by atoms with Crippen LogP contribution in [0.25, 0.3) is 0 Å². The molecule has 0 aromatic heterocycles. The monoisotopic (exact) mass is 256 g/mol. The van der Waals surface area contributed by atoms with Crippen molar-refractivity contribution in [3.63, 3.8) is 0 Å². The number of aliphatic hydroxyl groups is 3.